The van der Waals surface area contributed by atoms with Gasteiger partial charge >= 0.3 is 0 Å². The fourth-order valence-corrected chi connectivity index (χ4v) is 5.49. The molecule has 1 unspecified atom stereocenters. The summed E-state index contributed by atoms with van der Waals surface area (Å²) in [6, 6.07) is 19.3. The molecular formula is C25H21N3O2S2. The predicted octanol–water partition coefficient (Wildman–Crippen LogP) is 5.55. The summed E-state index contributed by atoms with van der Waals surface area (Å²) in [4.78, 5) is 26.2. The van der Waals surface area contributed by atoms with Crippen LogP contribution in [0.4, 0.5) is 5.69 Å². The van der Waals surface area contributed by atoms with Gasteiger partial charge in [0.2, 0.25) is 0 Å². The van der Waals surface area contributed by atoms with Crippen LogP contribution in [-0.2, 0) is 5.75 Å². The Morgan fingerprint density at radius 2 is 1.94 bits per heavy atom. The first kappa shape index (κ1) is 20.7. The summed E-state index contributed by atoms with van der Waals surface area (Å²) < 4.78 is 5.36. The van der Waals surface area contributed by atoms with Crippen molar-refractivity contribution in [3.8, 4) is 0 Å². The second-order valence-electron chi connectivity index (χ2n) is 7.78. The van der Waals surface area contributed by atoms with E-state index in [0.717, 1.165) is 38.1 Å². The molecule has 3 aromatic carbocycles. The van der Waals surface area contributed by atoms with Crippen LogP contribution in [0, 0.1) is 6.92 Å². The van der Waals surface area contributed by atoms with Gasteiger partial charge in [-0.3, -0.25) is 9.59 Å². The highest BCUT2D eigenvalue weighted by Gasteiger charge is 2.34. The van der Waals surface area contributed by atoms with E-state index in [1.807, 2.05) is 73.8 Å². The van der Waals surface area contributed by atoms with Crippen molar-refractivity contribution < 1.29 is 9.59 Å². The minimum atomic E-state index is -0.315. The number of hydrogen-bond donors (Lipinski definition) is 2. The van der Waals surface area contributed by atoms with E-state index < -0.39 is 0 Å². The molecule has 160 valence electrons. The maximum atomic E-state index is 13.3. The van der Waals surface area contributed by atoms with E-state index in [4.69, 9.17) is 0 Å². The summed E-state index contributed by atoms with van der Waals surface area (Å²) in [5, 5.41) is 7.02. The fourth-order valence-electron chi connectivity index (χ4n) is 4.22. The van der Waals surface area contributed by atoms with Gasteiger partial charge in [0.25, 0.3) is 11.8 Å². The Kier molecular flexibility index (Phi) is 5.45. The first-order valence-corrected chi connectivity index (χ1v) is 12.4. The zero-order valence-corrected chi connectivity index (χ0v) is 19.3. The third kappa shape index (κ3) is 3.57. The Morgan fingerprint density at radius 1 is 1.16 bits per heavy atom. The molecule has 1 aliphatic heterocycles. The highest BCUT2D eigenvalue weighted by Crippen LogP contribution is 2.39. The number of rotatable bonds is 5. The van der Waals surface area contributed by atoms with E-state index >= 15 is 0 Å². The zero-order valence-electron chi connectivity index (χ0n) is 17.6. The topological polar surface area (TPSA) is 71.1 Å². The molecule has 0 fully saturated rings. The first-order valence-electron chi connectivity index (χ1n) is 10.2. The number of hydrogen-bond acceptors (Lipinski definition) is 5. The van der Waals surface area contributed by atoms with E-state index in [9.17, 15) is 9.59 Å². The minimum Gasteiger partial charge on any atom is -0.341 e. The van der Waals surface area contributed by atoms with Gasteiger partial charge in [-0.2, -0.15) is 16.1 Å². The molecule has 5 nitrogen and oxygen atoms in total. The molecule has 0 saturated heterocycles. The summed E-state index contributed by atoms with van der Waals surface area (Å²) in [5.41, 5.74) is 5.58. The maximum Gasteiger partial charge on any atom is 0.276 e. The van der Waals surface area contributed by atoms with Crippen LogP contribution in [0.3, 0.4) is 0 Å². The first-order chi connectivity index (χ1) is 15.6. The second-order valence-corrected chi connectivity index (χ2v) is 9.45. The molecule has 4 aromatic rings. The van der Waals surface area contributed by atoms with Crippen molar-refractivity contribution in [2.45, 2.75) is 18.7 Å². The number of fused-ring (bicyclic) bond motifs is 2. The van der Waals surface area contributed by atoms with Gasteiger partial charge in [0, 0.05) is 28.0 Å². The highest BCUT2D eigenvalue weighted by atomic mass is 32.2. The summed E-state index contributed by atoms with van der Waals surface area (Å²) in [6.45, 7) is 2.03. The lowest BCUT2D eigenvalue weighted by Gasteiger charge is -2.19. The molecule has 1 aromatic heterocycles. The van der Waals surface area contributed by atoms with Gasteiger partial charge in [0.15, 0.2) is 0 Å². The van der Waals surface area contributed by atoms with Crippen molar-refractivity contribution in [3.63, 3.8) is 0 Å². The van der Waals surface area contributed by atoms with E-state index in [0.29, 0.717) is 16.9 Å². The number of nitrogens with one attached hydrogen (secondary N) is 2. The van der Waals surface area contributed by atoms with E-state index in [1.54, 1.807) is 11.8 Å². The number of anilines is 1. The predicted molar refractivity (Wildman–Crippen MR) is 132 cm³/mol. The molecule has 0 bridgehead atoms. The maximum absolute atomic E-state index is 13.3. The lowest BCUT2D eigenvalue weighted by Crippen LogP contribution is -2.21. The zero-order chi connectivity index (χ0) is 22.2. The second kappa shape index (κ2) is 8.41. The van der Waals surface area contributed by atoms with Crippen molar-refractivity contribution in [2.24, 2.45) is 0 Å². The van der Waals surface area contributed by atoms with E-state index in [-0.39, 0.29) is 17.9 Å². The molecule has 0 saturated carbocycles. The Labute approximate surface area is 194 Å². The number of nitrogens with zero attached hydrogens (tertiary/aromatic N) is 1. The number of carbonyl (C=O) groups excluding carboxylic acids is 2. The molecule has 7 heteroatoms. The number of amides is 2. The quantitative estimate of drug-likeness (QED) is 0.410. The van der Waals surface area contributed by atoms with Gasteiger partial charge in [-0.1, -0.05) is 42.5 Å². The summed E-state index contributed by atoms with van der Waals surface area (Å²) >= 11 is 2.98. The van der Waals surface area contributed by atoms with Crippen LogP contribution >= 0.6 is 23.3 Å². The van der Waals surface area contributed by atoms with Gasteiger partial charge in [0.05, 0.1) is 10.7 Å². The van der Waals surface area contributed by atoms with E-state index in [2.05, 4.69) is 15.0 Å². The van der Waals surface area contributed by atoms with Crippen LogP contribution in [0.15, 0.2) is 60.7 Å². The molecule has 1 aliphatic rings. The highest BCUT2D eigenvalue weighted by molar-refractivity contribution is 7.97. The molecule has 0 radical (unpaired) electrons. The Balaban J connectivity index is 1.61. The van der Waals surface area contributed by atoms with Gasteiger partial charge < -0.3 is 10.6 Å². The smallest absolute Gasteiger partial charge is 0.276 e. The monoisotopic (exact) mass is 459 g/mol. The molecule has 5 rings (SSSR count). The minimum absolute atomic E-state index is 0.120. The van der Waals surface area contributed by atoms with Crippen molar-refractivity contribution in [1.82, 2.24) is 9.69 Å². The van der Waals surface area contributed by atoms with Crippen molar-refractivity contribution in [2.75, 3.05) is 11.6 Å². The number of thioether (sulfide) groups is 1. The molecule has 0 aliphatic carbocycles. The number of aromatic nitrogens is 1. The average Bonchev–Trinajstić information content (AvgIpc) is 3.36. The Morgan fingerprint density at radius 3 is 2.75 bits per heavy atom. The third-order valence-electron chi connectivity index (χ3n) is 5.70. The van der Waals surface area contributed by atoms with Crippen LogP contribution in [0.1, 0.15) is 49.1 Å². The number of aryl methyl sites for hydroxylation is 1. The van der Waals surface area contributed by atoms with Crippen LogP contribution in [0.5, 0.6) is 0 Å². The Hall–Kier alpha value is -3.16. The van der Waals surface area contributed by atoms with Gasteiger partial charge in [-0.15, -0.1) is 0 Å². The van der Waals surface area contributed by atoms with Crippen molar-refractivity contribution in [1.29, 1.82) is 0 Å². The van der Waals surface area contributed by atoms with Crippen LogP contribution < -0.4 is 10.6 Å². The van der Waals surface area contributed by atoms with Gasteiger partial charge in [-0.05, 0) is 59.6 Å². The summed E-state index contributed by atoms with van der Waals surface area (Å²) in [6.07, 6.45) is 2.02. The van der Waals surface area contributed by atoms with E-state index in [1.165, 1.54) is 11.5 Å². The van der Waals surface area contributed by atoms with Crippen LogP contribution in [0.25, 0.3) is 10.1 Å². The lowest BCUT2D eigenvalue weighted by atomic mass is 9.92. The molecule has 2 N–H and O–H groups in total. The standard InChI is InChI=1S/C25H21N3O2S2/c1-14-7-3-4-8-16(14)22-21-18(24(29)27-22)11-15(13-31-2)12-19(21)26-25(30)23-17-9-5-6-10-20(17)32-28-23/h3-12,22H,13H2,1-2H3,(H,26,30)(H,27,29). The largest absolute Gasteiger partial charge is 0.341 e. The third-order valence-corrected chi connectivity index (χ3v) is 7.15. The normalized spacial score (nSPS) is 14.9. The van der Waals surface area contributed by atoms with Crippen LogP contribution in [0.2, 0.25) is 0 Å². The van der Waals surface area contributed by atoms with Crippen LogP contribution in [-0.4, -0.2) is 22.4 Å². The van der Waals surface area contributed by atoms with Gasteiger partial charge in [-0.25, -0.2) is 0 Å². The number of carbonyl (C=O) groups is 2. The molecule has 1 atom stereocenters. The molecule has 32 heavy (non-hydrogen) atoms. The summed E-state index contributed by atoms with van der Waals surface area (Å²) in [5.74, 6) is 0.359. The summed E-state index contributed by atoms with van der Waals surface area (Å²) in [7, 11) is 0. The molecule has 2 amide bonds. The lowest BCUT2D eigenvalue weighted by molar-refractivity contribution is 0.0959. The van der Waals surface area contributed by atoms with Crippen molar-refractivity contribution >= 4 is 50.9 Å². The SMILES string of the molecule is CSCc1cc(NC(=O)c2nsc3ccccc23)c2c(c1)C(=O)NC2c1ccccc1C. The fraction of sp³-hybridized carbons (Fsp3) is 0.160. The van der Waals surface area contributed by atoms with Crippen molar-refractivity contribution in [3.05, 3.63) is 94.2 Å². The molecular weight excluding hydrogens is 438 g/mol. The average molecular weight is 460 g/mol. The Bertz CT molecular complexity index is 1360. The molecule has 0 spiro atoms. The van der Waals surface area contributed by atoms with Gasteiger partial charge in [0.1, 0.15) is 5.69 Å². The molecule has 2 heterocycles. The number of benzene rings is 3.